The van der Waals surface area contributed by atoms with Gasteiger partial charge in [-0.1, -0.05) is 12.1 Å². The van der Waals surface area contributed by atoms with Crippen LogP contribution >= 0.6 is 11.3 Å². The third-order valence-electron chi connectivity index (χ3n) is 2.63. The minimum Gasteiger partial charge on any atom is -0.399 e. The molecule has 90 valence electrons. The number of hydrogen-bond acceptors (Lipinski definition) is 4. The van der Waals surface area contributed by atoms with Crippen LogP contribution in [0.25, 0.3) is 20.7 Å². The van der Waals surface area contributed by atoms with Crippen molar-refractivity contribution in [1.82, 2.24) is 9.97 Å². The molecule has 0 bridgehead atoms. The van der Waals surface area contributed by atoms with E-state index in [1.54, 1.807) is 18.2 Å². The maximum atomic E-state index is 11.6. The fraction of sp³-hybridized carbons (Fsp3) is 0. The Bertz CT molecular complexity index is 827. The number of benzene rings is 1. The Hall–Kier alpha value is -2.34. The molecule has 3 rings (SSSR count). The number of fused-ring (bicyclic) bond motifs is 1. The van der Waals surface area contributed by atoms with Crippen molar-refractivity contribution in [1.29, 1.82) is 0 Å². The van der Waals surface area contributed by atoms with E-state index in [9.17, 15) is 9.59 Å². The summed E-state index contributed by atoms with van der Waals surface area (Å²) in [5, 5.41) is 0.492. The first-order chi connectivity index (χ1) is 8.63. The Morgan fingerprint density at radius 2 is 1.78 bits per heavy atom. The summed E-state index contributed by atoms with van der Waals surface area (Å²) in [6, 6.07) is 9.12. The molecule has 2 aromatic heterocycles. The summed E-state index contributed by atoms with van der Waals surface area (Å²) >= 11 is 1.37. The maximum absolute atomic E-state index is 11.6. The summed E-state index contributed by atoms with van der Waals surface area (Å²) in [7, 11) is 0. The molecule has 3 aromatic rings. The second-order valence-electron chi connectivity index (χ2n) is 3.88. The van der Waals surface area contributed by atoms with Crippen molar-refractivity contribution in [2.24, 2.45) is 0 Å². The Labute approximate surface area is 105 Å². The van der Waals surface area contributed by atoms with E-state index in [2.05, 4.69) is 9.97 Å². The number of aromatic amines is 2. The first kappa shape index (κ1) is 10.8. The smallest absolute Gasteiger partial charge is 0.326 e. The van der Waals surface area contributed by atoms with Gasteiger partial charge >= 0.3 is 5.69 Å². The number of nitrogens with one attached hydrogen (secondary N) is 2. The van der Waals surface area contributed by atoms with Gasteiger partial charge in [-0.3, -0.25) is 14.8 Å². The zero-order valence-electron chi connectivity index (χ0n) is 9.19. The molecular formula is C12H9N3O2S. The first-order valence-electron chi connectivity index (χ1n) is 5.25. The van der Waals surface area contributed by atoms with Crippen LogP contribution in [-0.2, 0) is 0 Å². The van der Waals surface area contributed by atoms with Crippen molar-refractivity contribution in [3.05, 3.63) is 51.2 Å². The minimum atomic E-state index is -0.488. The quantitative estimate of drug-likeness (QED) is 0.579. The molecule has 6 heteroatoms. The average molecular weight is 259 g/mol. The number of anilines is 1. The summed E-state index contributed by atoms with van der Waals surface area (Å²) in [4.78, 5) is 29.1. The van der Waals surface area contributed by atoms with E-state index in [0.717, 1.165) is 10.4 Å². The fourth-order valence-corrected chi connectivity index (χ4v) is 2.80. The molecule has 0 saturated heterocycles. The molecule has 0 aliphatic rings. The predicted molar refractivity (Wildman–Crippen MR) is 72.9 cm³/mol. The van der Waals surface area contributed by atoms with Gasteiger partial charge in [0, 0.05) is 10.6 Å². The molecule has 0 fully saturated rings. The van der Waals surface area contributed by atoms with E-state index in [4.69, 9.17) is 5.73 Å². The van der Waals surface area contributed by atoms with Crippen LogP contribution in [0.5, 0.6) is 0 Å². The Kier molecular flexibility index (Phi) is 2.31. The zero-order chi connectivity index (χ0) is 12.7. The minimum absolute atomic E-state index is 0.369. The van der Waals surface area contributed by atoms with Crippen molar-refractivity contribution in [2.75, 3.05) is 5.73 Å². The van der Waals surface area contributed by atoms with Crippen LogP contribution < -0.4 is 17.0 Å². The van der Waals surface area contributed by atoms with Gasteiger partial charge < -0.3 is 5.73 Å². The van der Waals surface area contributed by atoms with Gasteiger partial charge in [-0.15, -0.1) is 11.3 Å². The fourth-order valence-electron chi connectivity index (χ4n) is 1.75. The van der Waals surface area contributed by atoms with Crippen LogP contribution in [0.1, 0.15) is 0 Å². The lowest BCUT2D eigenvalue weighted by Gasteiger charge is -1.96. The van der Waals surface area contributed by atoms with Crippen molar-refractivity contribution in [3.63, 3.8) is 0 Å². The Balaban J connectivity index is 2.25. The highest BCUT2D eigenvalue weighted by Gasteiger charge is 2.08. The molecule has 0 aliphatic carbocycles. The van der Waals surface area contributed by atoms with Gasteiger partial charge in [0.25, 0.3) is 5.56 Å². The molecule has 0 amide bonds. The first-order valence-corrected chi connectivity index (χ1v) is 6.07. The number of aromatic nitrogens is 2. The van der Waals surface area contributed by atoms with E-state index in [0.29, 0.717) is 15.9 Å². The van der Waals surface area contributed by atoms with E-state index in [1.807, 2.05) is 12.1 Å². The number of hydrogen-bond donors (Lipinski definition) is 3. The second-order valence-corrected chi connectivity index (χ2v) is 4.94. The molecule has 0 radical (unpaired) electrons. The summed E-state index contributed by atoms with van der Waals surface area (Å²) in [5.41, 5.74) is 6.42. The lowest BCUT2D eigenvalue weighted by Crippen LogP contribution is -2.20. The topological polar surface area (TPSA) is 91.7 Å². The average Bonchev–Trinajstić information content (AvgIpc) is 2.74. The van der Waals surface area contributed by atoms with Crippen LogP contribution in [0.15, 0.2) is 39.9 Å². The van der Waals surface area contributed by atoms with Gasteiger partial charge in [0.05, 0.1) is 5.39 Å². The van der Waals surface area contributed by atoms with Gasteiger partial charge in [0.15, 0.2) is 0 Å². The molecule has 0 spiro atoms. The van der Waals surface area contributed by atoms with Crippen LogP contribution in [0.4, 0.5) is 5.69 Å². The predicted octanol–water partition coefficient (Wildman–Crippen LogP) is 1.53. The molecule has 0 aliphatic heterocycles. The van der Waals surface area contributed by atoms with Crippen LogP contribution in [0.3, 0.4) is 0 Å². The van der Waals surface area contributed by atoms with Gasteiger partial charge in [-0.05, 0) is 23.8 Å². The van der Waals surface area contributed by atoms with Crippen molar-refractivity contribution in [2.45, 2.75) is 0 Å². The highest BCUT2D eigenvalue weighted by atomic mass is 32.1. The standard InChI is InChI=1S/C12H9N3O2S/c13-7-3-1-6(2-4-7)9-5-8-10(16)14-12(17)15-11(8)18-9/h1-5H,13H2,(H2,14,15,16,17). The number of nitrogen functional groups attached to an aromatic ring is 1. The molecule has 0 saturated carbocycles. The normalized spacial score (nSPS) is 10.9. The maximum Gasteiger partial charge on any atom is 0.326 e. The number of rotatable bonds is 1. The monoisotopic (exact) mass is 259 g/mol. The number of nitrogens with two attached hydrogens (primary N) is 1. The largest absolute Gasteiger partial charge is 0.399 e. The molecule has 18 heavy (non-hydrogen) atoms. The van der Waals surface area contributed by atoms with Gasteiger partial charge in [-0.25, -0.2) is 4.79 Å². The summed E-state index contributed by atoms with van der Waals surface area (Å²) in [5.74, 6) is 0. The van der Waals surface area contributed by atoms with E-state index in [-0.39, 0.29) is 5.56 Å². The van der Waals surface area contributed by atoms with Crippen molar-refractivity contribution >= 4 is 27.2 Å². The Morgan fingerprint density at radius 3 is 2.50 bits per heavy atom. The highest BCUT2D eigenvalue weighted by molar-refractivity contribution is 7.21. The van der Waals surface area contributed by atoms with Crippen LogP contribution in [-0.4, -0.2) is 9.97 Å². The zero-order valence-corrected chi connectivity index (χ0v) is 10.0. The number of H-pyrrole nitrogens is 2. The van der Waals surface area contributed by atoms with Gasteiger partial charge in [-0.2, -0.15) is 0 Å². The third kappa shape index (κ3) is 1.72. The van der Waals surface area contributed by atoms with Crippen LogP contribution in [0.2, 0.25) is 0 Å². The molecule has 0 unspecified atom stereocenters. The van der Waals surface area contributed by atoms with E-state index in [1.165, 1.54) is 11.3 Å². The highest BCUT2D eigenvalue weighted by Crippen LogP contribution is 2.30. The van der Waals surface area contributed by atoms with Gasteiger partial charge in [0.1, 0.15) is 4.83 Å². The lowest BCUT2D eigenvalue weighted by atomic mass is 10.1. The summed E-state index contributed by atoms with van der Waals surface area (Å²) < 4.78 is 0. The van der Waals surface area contributed by atoms with Gasteiger partial charge in [0.2, 0.25) is 0 Å². The molecule has 5 nitrogen and oxygen atoms in total. The lowest BCUT2D eigenvalue weighted by molar-refractivity contribution is 1.09. The van der Waals surface area contributed by atoms with E-state index >= 15 is 0 Å². The number of thiophene rings is 1. The Morgan fingerprint density at radius 1 is 1.06 bits per heavy atom. The van der Waals surface area contributed by atoms with E-state index < -0.39 is 5.69 Å². The van der Waals surface area contributed by atoms with Crippen molar-refractivity contribution < 1.29 is 0 Å². The summed E-state index contributed by atoms with van der Waals surface area (Å²) in [6.45, 7) is 0. The molecule has 1 aromatic carbocycles. The second kappa shape index (κ2) is 3.85. The molecule has 4 N–H and O–H groups in total. The molecule has 2 heterocycles. The van der Waals surface area contributed by atoms with Crippen molar-refractivity contribution in [3.8, 4) is 10.4 Å². The SMILES string of the molecule is Nc1ccc(-c2cc3c(=O)[nH]c(=O)[nH]c3s2)cc1. The molecule has 0 atom stereocenters. The third-order valence-corrected chi connectivity index (χ3v) is 3.73. The summed E-state index contributed by atoms with van der Waals surface area (Å²) in [6.07, 6.45) is 0. The van der Waals surface area contributed by atoms with Crippen LogP contribution in [0, 0.1) is 0 Å². The molecular weight excluding hydrogens is 250 g/mol.